The van der Waals surface area contributed by atoms with Crippen LogP contribution in [0.4, 0.5) is 0 Å². The van der Waals surface area contributed by atoms with Crippen LogP contribution in [-0.4, -0.2) is 42.2 Å². The lowest BCUT2D eigenvalue weighted by atomic mass is 9.99. The number of thioether (sulfide) groups is 1. The summed E-state index contributed by atoms with van der Waals surface area (Å²) in [6.45, 7) is 8.68. The number of nitrogens with zero attached hydrogens (tertiary/aromatic N) is 1. The number of piperidine rings is 1. The van der Waals surface area contributed by atoms with Gasteiger partial charge in [-0.15, -0.1) is 11.8 Å². The smallest absolute Gasteiger partial charge is 0.232 e. The molecule has 2 rings (SSSR count). The largest absolute Gasteiger partial charge is 0.355 e. The maximum Gasteiger partial charge on any atom is 0.232 e. The van der Waals surface area contributed by atoms with Crippen molar-refractivity contribution in [3.63, 3.8) is 0 Å². The molecule has 1 N–H and O–H groups in total. The van der Waals surface area contributed by atoms with Crippen LogP contribution < -0.4 is 5.32 Å². The minimum Gasteiger partial charge on any atom is -0.355 e. The maximum absolute atomic E-state index is 12.1. The van der Waals surface area contributed by atoms with E-state index in [0.29, 0.717) is 0 Å². The van der Waals surface area contributed by atoms with Gasteiger partial charge in [0.2, 0.25) is 5.91 Å². The van der Waals surface area contributed by atoms with Crippen LogP contribution in [0.2, 0.25) is 0 Å². The molecule has 1 heterocycles. The number of amides is 1. The van der Waals surface area contributed by atoms with Gasteiger partial charge in [0.1, 0.15) is 0 Å². The Hall–Kier alpha value is -1.00. The van der Waals surface area contributed by atoms with Gasteiger partial charge in [0.05, 0.1) is 5.25 Å². The fraction of sp³-hybridized carbons (Fsp3) is 0.632. The van der Waals surface area contributed by atoms with E-state index in [4.69, 9.17) is 0 Å². The monoisotopic (exact) mass is 334 g/mol. The molecule has 0 aromatic heterocycles. The predicted octanol–water partition coefficient (Wildman–Crippen LogP) is 3.55. The van der Waals surface area contributed by atoms with Crippen molar-refractivity contribution in [2.45, 2.75) is 44.1 Å². The Kier molecular flexibility index (Phi) is 7.96. The van der Waals surface area contributed by atoms with Crippen molar-refractivity contribution in [3.8, 4) is 0 Å². The first-order chi connectivity index (χ1) is 11.1. The normalized spacial score (nSPS) is 17.8. The fourth-order valence-electron chi connectivity index (χ4n) is 2.81. The highest BCUT2D eigenvalue weighted by atomic mass is 32.2. The molecule has 0 bridgehead atoms. The first kappa shape index (κ1) is 18.3. The predicted molar refractivity (Wildman–Crippen MR) is 99.7 cm³/mol. The van der Waals surface area contributed by atoms with Crippen LogP contribution in [0.25, 0.3) is 0 Å². The first-order valence-electron chi connectivity index (χ1n) is 8.80. The van der Waals surface area contributed by atoms with E-state index in [-0.39, 0.29) is 11.2 Å². The molecule has 23 heavy (non-hydrogen) atoms. The van der Waals surface area contributed by atoms with Gasteiger partial charge in [-0.1, -0.05) is 37.3 Å². The third-order valence-electron chi connectivity index (χ3n) is 4.54. The number of rotatable bonds is 8. The first-order valence-corrected chi connectivity index (χ1v) is 9.85. The second-order valence-electron chi connectivity index (χ2n) is 6.61. The minimum atomic E-state index is 0.00559. The van der Waals surface area contributed by atoms with Crippen LogP contribution in [0.15, 0.2) is 30.3 Å². The molecule has 1 saturated heterocycles. The SMILES string of the molecule is CC1CCN(CCCNC(=O)[C@@H](C)SCc2ccccc2)CC1. The lowest BCUT2D eigenvalue weighted by molar-refractivity contribution is -0.120. The van der Waals surface area contributed by atoms with E-state index in [2.05, 4.69) is 29.3 Å². The van der Waals surface area contributed by atoms with Gasteiger partial charge in [-0.2, -0.15) is 0 Å². The summed E-state index contributed by atoms with van der Waals surface area (Å²) in [5.74, 6) is 1.94. The second-order valence-corrected chi connectivity index (χ2v) is 7.94. The lowest BCUT2D eigenvalue weighted by Gasteiger charge is -2.30. The molecule has 4 heteroatoms. The Morgan fingerprint density at radius 1 is 1.30 bits per heavy atom. The van der Waals surface area contributed by atoms with Crippen LogP contribution >= 0.6 is 11.8 Å². The minimum absolute atomic E-state index is 0.00559. The van der Waals surface area contributed by atoms with Gasteiger partial charge in [-0.05, 0) is 57.3 Å². The molecule has 1 aromatic carbocycles. The van der Waals surface area contributed by atoms with Gasteiger partial charge in [-0.3, -0.25) is 4.79 Å². The quantitative estimate of drug-likeness (QED) is 0.738. The second kappa shape index (κ2) is 9.99. The Bertz CT molecular complexity index is 458. The average Bonchev–Trinajstić information content (AvgIpc) is 2.59. The third-order valence-corrected chi connectivity index (χ3v) is 5.75. The van der Waals surface area contributed by atoms with Gasteiger partial charge in [-0.25, -0.2) is 0 Å². The standard InChI is InChI=1S/C19H30N2OS/c1-16-9-13-21(14-10-16)12-6-11-20-19(22)17(2)23-15-18-7-4-3-5-8-18/h3-5,7-8,16-17H,6,9-15H2,1-2H3,(H,20,22)/t17-/m1/s1. The van der Waals surface area contributed by atoms with Crippen LogP contribution in [-0.2, 0) is 10.5 Å². The summed E-state index contributed by atoms with van der Waals surface area (Å²) in [6.07, 6.45) is 3.69. The van der Waals surface area contributed by atoms with Crippen molar-refractivity contribution in [1.82, 2.24) is 10.2 Å². The van der Waals surface area contributed by atoms with Crippen molar-refractivity contribution in [3.05, 3.63) is 35.9 Å². The number of nitrogens with one attached hydrogen (secondary N) is 1. The Balaban J connectivity index is 1.55. The molecule has 0 radical (unpaired) electrons. The average molecular weight is 335 g/mol. The molecular weight excluding hydrogens is 304 g/mol. The molecule has 0 unspecified atom stereocenters. The molecule has 0 saturated carbocycles. The number of hydrogen-bond donors (Lipinski definition) is 1. The fourth-order valence-corrected chi connectivity index (χ4v) is 3.68. The van der Waals surface area contributed by atoms with E-state index in [1.165, 1.54) is 31.5 Å². The molecule has 0 aliphatic carbocycles. The van der Waals surface area contributed by atoms with E-state index in [1.807, 2.05) is 25.1 Å². The Labute approximate surface area is 145 Å². The van der Waals surface area contributed by atoms with Crippen molar-refractivity contribution in [2.24, 2.45) is 5.92 Å². The highest BCUT2D eigenvalue weighted by Gasteiger charge is 2.16. The molecule has 0 spiro atoms. The number of carbonyl (C=O) groups is 1. The number of likely N-dealkylation sites (tertiary alicyclic amines) is 1. The summed E-state index contributed by atoms with van der Waals surface area (Å²) in [5, 5.41) is 3.09. The molecule has 128 valence electrons. The van der Waals surface area contributed by atoms with E-state index in [1.54, 1.807) is 11.8 Å². The molecule has 1 amide bonds. The molecule has 1 fully saturated rings. The van der Waals surface area contributed by atoms with Crippen molar-refractivity contribution in [2.75, 3.05) is 26.2 Å². The van der Waals surface area contributed by atoms with E-state index in [9.17, 15) is 4.79 Å². The van der Waals surface area contributed by atoms with Gasteiger partial charge in [0.15, 0.2) is 0 Å². The number of carbonyl (C=O) groups excluding carboxylic acids is 1. The summed E-state index contributed by atoms with van der Waals surface area (Å²) >= 11 is 1.70. The molecule has 1 aromatic rings. The maximum atomic E-state index is 12.1. The zero-order chi connectivity index (χ0) is 16.5. The summed E-state index contributed by atoms with van der Waals surface area (Å²) in [4.78, 5) is 14.6. The van der Waals surface area contributed by atoms with E-state index >= 15 is 0 Å². The van der Waals surface area contributed by atoms with E-state index in [0.717, 1.165) is 31.2 Å². The van der Waals surface area contributed by atoms with Crippen molar-refractivity contribution in [1.29, 1.82) is 0 Å². The zero-order valence-corrected chi connectivity index (χ0v) is 15.3. The molecule has 1 aliphatic rings. The van der Waals surface area contributed by atoms with Gasteiger partial charge < -0.3 is 10.2 Å². The molecule has 3 nitrogen and oxygen atoms in total. The lowest BCUT2D eigenvalue weighted by Crippen LogP contribution is -2.36. The van der Waals surface area contributed by atoms with Gasteiger partial charge in [0, 0.05) is 12.3 Å². The van der Waals surface area contributed by atoms with E-state index < -0.39 is 0 Å². The molecule has 1 atom stereocenters. The van der Waals surface area contributed by atoms with Crippen LogP contribution in [0.3, 0.4) is 0 Å². The zero-order valence-electron chi connectivity index (χ0n) is 14.5. The third kappa shape index (κ3) is 6.96. The number of hydrogen-bond acceptors (Lipinski definition) is 3. The van der Waals surface area contributed by atoms with Crippen LogP contribution in [0.5, 0.6) is 0 Å². The highest BCUT2D eigenvalue weighted by Crippen LogP contribution is 2.18. The summed E-state index contributed by atoms with van der Waals surface area (Å²) in [6, 6.07) is 10.3. The van der Waals surface area contributed by atoms with Crippen molar-refractivity contribution < 1.29 is 4.79 Å². The summed E-state index contributed by atoms with van der Waals surface area (Å²) in [7, 11) is 0. The highest BCUT2D eigenvalue weighted by molar-refractivity contribution is 7.99. The van der Waals surface area contributed by atoms with Gasteiger partial charge in [0.25, 0.3) is 0 Å². The Morgan fingerprint density at radius 3 is 2.70 bits per heavy atom. The topological polar surface area (TPSA) is 32.3 Å². The van der Waals surface area contributed by atoms with Gasteiger partial charge >= 0.3 is 0 Å². The number of benzene rings is 1. The summed E-state index contributed by atoms with van der Waals surface area (Å²) in [5.41, 5.74) is 1.27. The molecular formula is C19H30N2OS. The Morgan fingerprint density at radius 2 is 2.00 bits per heavy atom. The van der Waals surface area contributed by atoms with Crippen molar-refractivity contribution >= 4 is 17.7 Å². The van der Waals surface area contributed by atoms with Crippen LogP contribution in [0.1, 0.15) is 38.7 Å². The molecule has 1 aliphatic heterocycles. The van der Waals surface area contributed by atoms with Crippen LogP contribution in [0, 0.1) is 5.92 Å². The summed E-state index contributed by atoms with van der Waals surface area (Å²) < 4.78 is 0.